The molecule has 0 saturated carbocycles. The van der Waals surface area contributed by atoms with E-state index in [-0.39, 0.29) is 12.3 Å². The van der Waals surface area contributed by atoms with E-state index in [0.29, 0.717) is 16.6 Å². The molecule has 0 bridgehead atoms. The lowest BCUT2D eigenvalue weighted by Crippen LogP contribution is -2.32. The van der Waals surface area contributed by atoms with Gasteiger partial charge in [0.25, 0.3) is 0 Å². The average molecular weight is 446 g/mol. The van der Waals surface area contributed by atoms with Crippen LogP contribution in [0.25, 0.3) is 0 Å². The third-order valence-corrected chi connectivity index (χ3v) is 5.51. The molecule has 0 aliphatic carbocycles. The van der Waals surface area contributed by atoms with Crippen LogP contribution in [0.3, 0.4) is 0 Å². The summed E-state index contributed by atoms with van der Waals surface area (Å²) in [4.78, 5) is 25.2. The summed E-state index contributed by atoms with van der Waals surface area (Å²) in [5.41, 5.74) is 2.24. The Kier molecular flexibility index (Phi) is 6.08. The summed E-state index contributed by atoms with van der Waals surface area (Å²) >= 11 is 4.51. The first-order valence-electron chi connectivity index (χ1n) is 8.11. The molecule has 1 fully saturated rings. The number of anilines is 1. The molecule has 1 saturated heterocycles. The molecule has 6 nitrogen and oxygen atoms in total. The molecule has 8 heteroatoms. The number of nitrogens with zero attached hydrogens (tertiary/aromatic N) is 3. The molecular formula is C19H16BrN3O3S. The zero-order valence-electron chi connectivity index (χ0n) is 14.4. The number of carboxylic acid groups (broad SMARTS) is 1. The number of carbonyl (C=O) groups excluding carboxylic acids is 1. The number of hydrogen-bond donors (Lipinski definition) is 1. The number of amides is 1. The van der Waals surface area contributed by atoms with Gasteiger partial charge in [0.05, 0.1) is 17.8 Å². The van der Waals surface area contributed by atoms with Crippen molar-refractivity contribution in [2.75, 3.05) is 4.90 Å². The van der Waals surface area contributed by atoms with Gasteiger partial charge in [0.1, 0.15) is 5.25 Å². The largest absolute Gasteiger partial charge is 0.481 e. The zero-order chi connectivity index (χ0) is 19.4. The number of aliphatic carboxylic acids is 1. The topological polar surface area (TPSA) is 82.3 Å². The van der Waals surface area contributed by atoms with Crippen molar-refractivity contribution in [2.24, 2.45) is 10.2 Å². The summed E-state index contributed by atoms with van der Waals surface area (Å²) in [5, 5.41) is 17.2. The Morgan fingerprint density at radius 3 is 2.48 bits per heavy atom. The van der Waals surface area contributed by atoms with E-state index in [1.165, 1.54) is 4.90 Å². The number of hydrogen-bond acceptors (Lipinski definition) is 5. The maximum Gasteiger partial charge on any atom is 0.305 e. The molecule has 1 heterocycles. The van der Waals surface area contributed by atoms with Crippen LogP contribution in [-0.4, -0.2) is 33.1 Å². The molecule has 1 N–H and O–H groups in total. The molecule has 3 rings (SSSR count). The molecule has 1 aliphatic heterocycles. The van der Waals surface area contributed by atoms with Crippen LogP contribution in [0.5, 0.6) is 0 Å². The fourth-order valence-corrected chi connectivity index (χ4v) is 3.85. The molecule has 138 valence electrons. The smallest absolute Gasteiger partial charge is 0.305 e. The Labute approximate surface area is 169 Å². The first-order valence-corrected chi connectivity index (χ1v) is 9.78. The molecule has 1 atom stereocenters. The van der Waals surface area contributed by atoms with Crippen molar-refractivity contribution in [3.63, 3.8) is 0 Å². The number of benzene rings is 2. The number of rotatable bonds is 5. The predicted octanol–water partition coefficient (Wildman–Crippen LogP) is 4.15. The first-order chi connectivity index (χ1) is 13.0. The summed E-state index contributed by atoms with van der Waals surface area (Å²) in [5.74, 6) is -1.33. The van der Waals surface area contributed by atoms with Gasteiger partial charge in [0.2, 0.25) is 5.91 Å². The minimum absolute atomic E-state index is 0.263. The lowest BCUT2D eigenvalue weighted by atomic mass is 10.1. The second kappa shape index (κ2) is 8.49. The molecular weight excluding hydrogens is 430 g/mol. The van der Waals surface area contributed by atoms with Gasteiger partial charge in [-0.25, -0.2) is 0 Å². The standard InChI is InChI=1S/C19H16BrN3O3S/c1-12(13-7-9-14(20)10-8-13)21-22-19-23(15-5-3-2-4-6-15)18(26)16(27-19)11-17(24)25/h2-10,16H,11H2,1H3,(H,24,25)/b21-12-,22-19+. The van der Waals surface area contributed by atoms with Crippen LogP contribution in [0, 0.1) is 0 Å². The van der Waals surface area contributed by atoms with Crippen molar-refractivity contribution in [3.05, 3.63) is 64.6 Å². The van der Waals surface area contributed by atoms with Gasteiger partial charge in [-0.3, -0.25) is 14.5 Å². The lowest BCUT2D eigenvalue weighted by molar-refractivity contribution is -0.138. The second-order valence-electron chi connectivity index (χ2n) is 5.79. The van der Waals surface area contributed by atoms with Gasteiger partial charge in [-0.1, -0.05) is 58.0 Å². The second-order valence-corrected chi connectivity index (χ2v) is 7.87. The van der Waals surface area contributed by atoms with Crippen molar-refractivity contribution >= 4 is 56.1 Å². The van der Waals surface area contributed by atoms with Crippen LogP contribution >= 0.6 is 27.7 Å². The summed E-state index contributed by atoms with van der Waals surface area (Å²) in [6.07, 6.45) is -0.263. The highest BCUT2D eigenvalue weighted by Gasteiger charge is 2.40. The van der Waals surface area contributed by atoms with Crippen LogP contribution in [0.2, 0.25) is 0 Å². The fourth-order valence-electron chi connectivity index (χ4n) is 2.51. The van der Waals surface area contributed by atoms with Crippen LogP contribution in [0.4, 0.5) is 5.69 Å². The van der Waals surface area contributed by atoms with Crippen LogP contribution in [-0.2, 0) is 9.59 Å². The van der Waals surface area contributed by atoms with E-state index >= 15 is 0 Å². The van der Waals surface area contributed by atoms with Gasteiger partial charge in [-0.05, 0) is 36.8 Å². The lowest BCUT2D eigenvalue weighted by Gasteiger charge is -2.15. The Hall–Kier alpha value is -2.45. The monoisotopic (exact) mass is 445 g/mol. The Balaban J connectivity index is 1.93. The van der Waals surface area contributed by atoms with E-state index in [2.05, 4.69) is 26.1 Å². The zero-order valence-corrected chi connectivity index (χ0v) is 16.8. The van der Waals surface area contributed by atoms with Gasteiger partial charge >= 0.3 is 5.97 Å². The molecule has 27 heavy (non-hydrogen) atoms. The summed E-state index contributed by atoms with van der Waals surface area (Å²) < 4.78 is 0.967. The number of para-hydroxylation sites is 1. The van der Waals surface area contributed by atoms with E-state index in [9.17, 15) is 9.59 Å². The third kappa shape index (κ3) is 4.64. The predicted molar refractivity (Wildman–Crippen MR) is 111 cm³/mol. The molecule has 0 spiro atoms. The van der Waals surface area contributed by atoms with Crippen molar-refractivity contribution < 1.29 is 14.7 Å². The van der Waals surface area contributed by atoms with Gasteiger partial charge in [0.15, 0.2) is 5.17 Å². The maximum absolute atomic E-state index is 12.7. The highest BCUT2D eigenvalue weighted by molar-refractivity contribution is 9.10. The SMILES string of the molecule is C/C(=N/N=C1/SC(CC(=O)O)C(=O)N1c1ccccc1)c1ccc(Br)cc1. The average Bonchev–Trinajstić information content (AvgIpc) is 2.96. The molecule has 0 radical (unpaired) electrons. The first kappa shape index (κ1) is 19.3. The quantitative estimate of drug-likeness (QED) is 0.553. The molecule has 1 amide bonds. The van der Waals surface area contributed by atoms with E-state index in [0.717, 1.165) is 21.8 Å². The van der Waals surface area contributed by atoms with E-state index in [4.69, 9.17) is 5.11 Å². The fraction of sp³-hybridized carbons (Fsp3) is 0.158. The summed E-state index contributed by atoms with van der Waals surface area (Å²) in [6.45, 7) is 1.83. The molecule has 1 unspecified atom stereocenters. The molecule has 1 aliphatic rings. The number of thioether (sulfide) groups is 1. The number of amidine groups is 1. The Bertz CT molecular complexity index is 914. The highest BCUT2D eigenvalue weighted by Crippen LogP contribution is 2.33. The summed E-state index contributed by atoms with van der Waals surface area (Å²) in [7, 11) is 0. The van der Waals surface area contributed by atoms with Crippen molar-refractivity contribution in [2.45, 2.75) is 18.6 Å². The number of carbonyl (C=O) groups is 2. The van der Waals surface area contributed by atoms with Crippen molar-refractivity contribution in [3.8, 4) is 0 Å². The van der Waals surface area contributed by atoms with Gasteiger partial charge in [-0.2, -0.15) is 5.10 Å². The van der Waals surface area contributed by atoms with E-state index in [1.807, 2.05) is 49.4 Å². The molecule has 2 aromatic rings. The number of carboxylic acids is 1. The normalized spacial score (nSPS) is 19.0. The third-order valence-electron chi connectivity index (χ3n) is 3.86. The van der Waals surface area contributed by atoms with Crippen LogP contribution in [0.15, 0.2) is 69.3 Å². The van der Waals surface area contributed by atoms with Gasteiger partial charge < -0.3 is 5.11 Å². The van der Waals surface area contributed by atoms with Gasteiger partial charge in [0, 0.05) is 4.47 Å². The van der Waals surface area contributed by atoms with E-state index in [1.54, 1.807) is 12.1 Å². The molecule has 2 aromatic carbocycles. The molecule has 0 aromatic heterocycles. The Morgan fingerprint density at radius 2 is 1.85 bits per heavy atom. The highest BCUT2D eigenvalue weighted by atomic mass is 79.9. The number of halogens is 1. The van der Waals surface area contributed by atoms with Crippen molar-refractivity contribution in [1.82, 2.24) is 0 Å². The summed E-state index contributed by atoms with van der Waals surface area (Å²) in [6, 6.07) is 16.7. The van der Waals surface area contributed by atoms with Crippen LogP contribution < -0.4 is 4.90 Å². The van der Waals surface area contributed by atoms with E-state index < -0.39 is 11.2 Å². The van der Waals surface area contributed by atoms with Crippen LogP contribution in [0.1, 0.15) is 18.9 Å². The Morgan fingerprint density at radius 1 is 1.19 bits per heavy atom. The minimum atomic E-state index is -1.02. The maximum atomic E-state index is 12.7. The van der Waals surface area contributed by atoms with Crippen molar-refractivity contribution in [1.29, 1.82) is 0 Å². The van der Waals surface area contributed by atoms with Gasteiger partial charge in [-0.15, -0.1) is 5.10 Å². The minimum Gasteiger partial charge on any atom is -0.481 e.